The Bertz CT molecular complexity index is 445. The summed E-state index contributed by atoms with van der Waals surface area (Å²) in [6.07, 6.45) is 0. The second-order valence-corrected chi connectivity index (χ2v) is 2.61. The van der Waals surface area contributed by atoms with E-state index in [2.05, 4.69) is 0 Å². The van der Waals surface area contributed by atoms with Gasteiger partial charge in [-0.05, 0) is 12.1 Å². The largest absolute Gasteiger partial charge is 0.505 e. The Labute approximate surface area is 79.6 Å². The van der Waals surface area contributed by atoms with Crippen molar-refractivity contribution < 1.29 is 9.50 Å². The summed E-state index contributed by atoms with van der Waals surface area (Å²) in [4.78, 5) is 0. The quantitative estimate of drug-likeness (QED) is 0.690. The van der Waals surface area contributed by atoms with Crippen LogP contribution in [0, 0.1) is 28.5 Å². The number of phenolic OH excluding ortho intramolecular Hbond substituents is 1. The predicted octanol–water partition coefficient (Wildman–Crippen LogP) is 0.926. The van der Waals surface area contributed by atoms with Crippen LogP contribution in [0.5, 0.6) is 5.75 Å². The summed E-state index contributed by atoms with van der Waals surface area (Å²) in [5.41, 5.74) is 5.23. The van der Waals surface area contributed by atoms with Crippen molar-refractivity contribution in [3.63, 3.8) is 0 Å². The number of halogens is 1. The Morgan fingerprint density at radius 3 is 2.57 bits per heavy atom. The van der Waals surface area contributed by atoms with Crippen LogP contribution in [-0.2, 0) is 0 Å². The first kappa shape index (κ1) is 9.97. The van der Waals surface area contributed by atoms with E-state index >= 15 is 0 Å². The van der Waals surface area contributed by atoms with E-state index in [9.17, 15) is 9.50 Å². The normalized spacial score (nSPS) is 11.4. The fourth-order valence-electron chi connectivity index (χ4n) is 0.991. The Kier molecular flexibility index (Phi) is 2.66. The van der Waals surface area contributed by atoms with Gasteiger partial charge in [0, 0.05) is 5.56 Å². The van der Waals surface area contributed by atoms with Crippen LogP contribution in [0.4, 0.5) is 4.39 Å². The van der Waals surface area contributed by atoms with Gasteiger partial charge in [0.1, 0.15) is 6.04 Å². The van der Waals surface area contributed by atoms with Gasteiger partial charge < -0.3 is 10.8 Å². The third kappa shape index (κ3) is 1.63. The molecule has 0 heterocycles. The lowest BCUT2D eigenvalue weighted by atomic mass is 10.0. The summed E-state index contributed by atoms with van der Waals surface area (Å²) in [6.45, 7) is 0. The molecule has 0 saturated heterocycles. The van der Waals surface area contributed by atoms with Crippen molar-refractivity contribution in [3.05, 3.63) is 29.1 Å². The highest BCUT2D eigenvalue weighted by Crippen LogP contribution is 2.26. The monoisotopic (exact) mass is 191 g/mol. The fraction of sp³-hybridized carbons (Fsp3) is 0.111. The van der Waals surface area contributed by atoms with E-state index in [1.165, 1.54) is 6.07 Å². The molecule has 0 fully saturated rings. The highest BCUT2D eigenvalue weighted by atomic mass is 19.1. The molecule has 0 aliphatic carbocycles. The molecule has 0 spiro atoms. The Balaban J connectivity index is 3.38. The first-order chi connectivity index (χ1) is 6.60. The Hall–Kier alpha value is -2.11. The molecule has 0 aliphatic rings. The lowest BCUT2D eigenvalue weighted by Crippen LogP contribution is -2.08. The van der Waals surface area contributed by atoms with Crippen molar-refractivity contribution in [2.24, 2.45) is 5.73 Å². The topological polar surface area (TPSA) is 93.8 Å². The first-order valence-corrected chi connectivity index (χ1v) is 3.68. The van der Waals surface area contributed by atoms with Gasteiger partial charge in [-0.15, -0.1) is 0 Å². The van der Waals surface area contributed by atoms with E-state index in [0.717, 1.165) is 6.07 Å². The van der Waals surface area contributed by atoms with Crippen LogP contribution in [0.3, 0.4) is 0 Å². The molecule has 0 unspecified atom stereocenters. The van der Waals surface area contributed by atoms with Gasteiger partial charge >= 0.3 is 0 Å². The number of nitrogens with two attached hydrogens (primary N) is 1. The highest BCUT2D eigenvalue weighted by Gasteiger charge is 2.15. The number of nitrogens with zero attached hydrogens (tertiary/aromatic N) is 2. The van der Waals surface area contributed by atoms with Crippen LogP contribution in [0.1, 0.15) is 17.2 Å². The zero-order valence-corrected chi connectivity index (χ0v) is 7.03. The van der Waals surface area contributed by atoms with Crippen molar-refractivity contribution >= 4 is 0 Å². The van der Waals surface area contributed by atoms with Crippen LogP contribution in [-0.4, -0.2) is 5.11 Å². The molecule has 0 aromatic heterocycles. The molecule has 1 rings (SSSR count). The third-order valence-corrected chi connectivity index (χ3v) is 1.70. The molecule has 0 amide bonds. The third-order valence-electron chi connectivity index (χ3n) is 1.70. The molecule has 4 nitrogen and oxygen atoms in total. The summed E-state index contributed by atoms with van der Waals surface area (Å²) in [5.74, 6) is -1.64. The maximum atomic E-state index is 13.0. The zero-order chi connectivity index (χ0) is 10.7. The molecule has 5 heteroatoms. The number of rotatable bonds is 1. The number of hydrogen-bond acceptors (Lipinski definition) is 4. The van der Waals surface area contributed by atoms with Gasteiger partial charge in [0.05, 0.1) is 17.7 Å². The number of aromatic hydroxyl groups is 1. The van der Waals surface area contributed by atoms with E-state index in [1.54, 1.807) is 12.1 Å². The second kappa shape index (κ2) is 3.73. The van der Waals surface area contributed by atoms with Gasteiger partial charge in [0.2, 0.25) is 0 Å². The maximum Gasteiger partial charge on any atom is 0.166 e. The molecular formula is C9H6FN3O. The van der Waals surface area contributed by atoms with Crippen LogP contribution < -0.4 is 5.73 Å². The fourth-order valence-corrected chi connectivity index (χ4v) is 0.991. The predicted molar refractivity (Wildman–Crippen MR) is 45.3 cm³/mol. The minimum Gasteiger partial charge on any atom is -0.505 e. The van der Waals surface area contributed by atoms with Crippen LogP contribution in [0.15, 0.2) is 12.1 Å². The summed E-state index contributed by atoms with van der Waals surface area (Å²) in [7, 11) is 0. The number of hydrogen-bond donors (Lipinski definition) is 2. The highest BCUT2D eigenvalue weighted by molar-refractivity contribution is 5.45. The molecule has 1 atom stereocenters. The Morgan fingerprint density at radius 1 is 1.43 bits per heavy atom. The number of phenols is 1. The van der Waals surface area contributed by atoms with Crippen molar-refractivity contribution in [2.45, 2.75) is 6.04 Å². The van der Waals surface area contributed by atoms with Gasteiger partial charge in [0.25, 0.3) is 0 Å². The number of nitriles is 2. The van der Waals surface area contributed by atoms with Crippen molar-refractivity contribution in [1.82, 2.24) is 0 Å². The minimum atomic E-state index is -1.14. The van der Waals surface area contributed by atoms with Crippen molar-refractivity contribution in [1.29, 1.82) is 10.5 Å². The van der Waals surface area contributed by atoms with Crippen molar-refractivity contribution in [3.8, 4) is 17.9 Å². The molecule has 0 radical (unpaired) electrons. The van der Waals surface area contributed by atoms with Crippen LogP contribution in [0.25, 0.3) is 0 Å². The average Bonchev–Trinajstić information content (AvgIpc) is 2.20. The van der Waals surface area contributed by atoms with Gasteiger partial charge in [0.15, 0.2) is 11.6 Å². The maximum absolute atomic E-state index is 13.0. The number of benzene rings is 1. The van der Waals surface area contributed by atoms with Crippen molar-refractivity contribution in [2.75, 3.05) is 0 Å². The van der Waals surface area contributed by atoms with Crippen LogP contribution in [0.2, 0.25) is 0 Å². The van der Waals surface area contributed by atoms with Gasteiger partial charge in [-0.2, -0.15) is 10.5 Å². The molecule has 0 aliphatic heterocycles. The van der Waals surface area contributed by atoms with E-state index in [-0.39, 0.29) is 11.1 Å². The smallest absolute Gasteiger partial charge is 0.166 e. The SMILES string of the molecule is N#Cc1cc(F)c(O)c([C@@H](N)C#N)c1. The minimum absolute atomic E-state index is 0.0148. The molecule has 14 heavy (non-hydrogen) atoms. The molecule has 3 N–H and O–H groups in total. The van der Waals surface area contributed by atoms with E-state index in [0.29, 0.717) is 0 Å². The molecule has 0 bridgehead atoms. The second-order valence-electron chi connectivity index (χ2n) is 2.61. The van der Waals surface area contributed by atoms with Gasteiger partial charge in [-0.1, -0.05) is 0 Å². The lowest BCUT2D eigenvalue weighted by Gasteiger charge is -2.06. The van der Waals surface area contributed by atoms with Gasteiger partial charge in [-0.25, -0.2) is 4.39 Å². The van der Waals surface area contributed by atoms with E-state index in [4.69, 9.17) is 16.3 Å². The summed E-state index contributed by atoms with van der Waals surface area (Å²) < 4.78 is 13.0. The zero-order valence-electron chi connectivity index (χ0n) is 7.03. The molecule has 1 aromatic carbocycles. The first-order valence-electron chi connectivity index (χ1n) is 3.68. The average molecular weight is 191 g/mol. The Morgan fingerprint density at radius 2 is 2.07 bits per heavy atom. The molecule has 0 saturated carbocycles. The van der Waals surface area contributed by atoms with E-state index < -0.39 is 17.6 Å². The standard InChI is InChI=1S/C9H6FN3O/c10-7-2-5(3-11)1-6(9(7)14)8(13)4-12/h1-2,8,14H,13H2/t8-/m0/s1. The van der Waals surface area contributed by atoms with E-state index in [1.807, 2.05) is 0 Å². The molecular weight excluding hydrogens is 185 g/mol. The molecule has 70 valence electrons. The van der Waals surface area contributed by atoms with Crippen LogP contribution >= 0.6 is 0 Å². The summed E-state index contributed by atoms with van der Waals surface area (Å²) in [5, 5.41) is 26.2. The lowest BCUT2D eigenvalue weighted by molar-refractivity contribution is 0.424. The van der Waals surface area contributed by atoms with Gasteiger partial charge in [-0.3, -0.25) is 0 Å². The summed E-state index contributed by atoms with van der Waals surface area (Å²) >= 11 is 0. The summed E-state index contributed by atoms with van der Waals surface area (Å²) in [6, 6.07) is 4.26. The molecule has 1 aromatic rings.